The molecule has 0 aromatic heterocycles. The highest BCUT2D eigenvalue weighted by Gasteiger charge is 2.32. The van der Waals surface area contributed by atoms with Crippen molar-refractivity contribution in [2.45, 2.75) is 24.7 Å². The Morgan fingerprint density at radius 3 is 2.19 bits per heavy atom. The number of ether oxygens (including phenoxy) is 1. The molecule has 0 aliphatic carbocycles. The first-order valence-corrected chi connectivity index (χ1v) is 11.8. The van der Waals surface area contributed by atoms with Crippen molar-refractivity contribution < 1.29 is 26.7 Å². The van der Waals surface area contributed by atoms with Crippen molar-refractivity contribution in [3.63, 3.8) is 0 Å². The van der Waals surface area contributed by atoms with E-state index in [0.29, 0.717) is 25.2 Å². The molecule has 1 amide bonds. The van der Waals surface area contributed by atoms with Gasteiger partial charge in [0, 0.05) is 38.8 Å². The molecule has 0 spiro atoms. The van der Waals surface area contributed by atoms with E-state index in [9.17, 15) is 22.0 Å². The number of sulfonamides is 1. The lowest BCUT2D eigenvalue weighted by atomic mass is 9.97. The average Bonchev–Trinajstić information content (AvgIpc) is 2.73. The normalized spacial score (nSPS) is 15.4. The lowest BCUT2D eigenvalue weighted by Crippen LogP contribution is -2.41. The number of carbonyl (C=O) groups is 1. The minimum Gasteiger partial charge on any atom is -0.494 e. The fourth-order valence-corrected chi connectivity index (χ4v) is 5.16. The number of hydrogen-bond donors (Lipinski definition) is 1. The second-order valence-corrected chi connectivity index (χ2v) is 9.69. The van der Waals surface area contributed by atoms with Gasteiger partial charge in [-0.1, -0.05) is 0 Å². The average molecular weight is 468 g/mol. The Hall–Kier alpha value is -2.72. The summed E-state index contributed by atoms with van der Waals surface area (Å²) in [5.41, 5.74) is -0.157. The predicted octanol–water partition coefficient (Wildman–Crippen LogP) is 3.47. The van der Waals surface area contributed by atoms with Crippen molar-refractivity contribution in [1.82, 2.24) is 4.31 Å². The highest BCUT2D eigenvalue weighted by molar-refractivity contribution is 7.89. The second-order valence-electron chi connectivity index (χ2n) is 7.75. The summed E-state index contributed by atoms with van der Waals surface area (Å²) in [5.74, 6) is -1.81. The van der Waals surface area contributed by atoms with Crippen LogP contribution in [0.5, 0.6) is 5.75 Å². The Kier molecular flexibility index (Phi) is 7.35. The van der Waals surface area contributed by atoms with Crippen LogP contribution in [0, 0.1) is 17.6 Å². The number of carbonyl (C=O) groups excluding carboxylic acids is 1. The number of rotatable bonds is 7. The van der Waals surface area contributed by atoms with Crippen LogP contribution in [0.3, 0.4) is 0 Å². The van der Waals surface area contributed by atoms with Crippen LogP contribution in [-0.4, -0.2) is 52.4 Å². The first-order valence-electron chi connectivity index (χ1n) is 10.3. The number of hydrogen-bond acceptors (Lipinski definition) is 5. The summed E-state index contributed by atoms with van der Waals surface area (Å²) in [7, 11) is -0.638. The molecule has 1 aliphatic heterocycles. The Morgan fingerprint density at radius 2 is 1.69 bits per heavy atom. The van der Waals surface area contributed by atoms with E-state index in [-0.39, 0.29) is 35.3 Å². The summed E-state index contributed by atoms with van der Waals surface area (Å²) < 4.78 is 60.8. The van der Waals surface area contributed by atoms with Gasteiger partial charge in [0.15, 0.2) is 11.6 Å². The summed E-state index contributed by atoms with van der Waals surface area (Å²) >= 11 is 0. The molecule has 174 valence electrons. The van der Waals surface area contributed by atoms with Crippen molar-refractivity contribution in [1.29, 1.82) is 0 Å². The molecule has 32 heavy (non-hydrogen) atoms. The Morgan fingerprint density at radius 1 is 1.12 bits per heavy atom. The molecule has 0 bridgehead atoms. The van der Waals surface area contributed by atoms with Crippen molar-refractivity contribution in [3.8, 4) is 5.75 Å². The van der Waals surface area contributed by atoms with Gasteiger partial charge in [-0.15, -0.1) is 0 Å². The molecule has 1 heterocycles. The first-order chi connectivity index (χ1) is 15.1. The van der Waals surface area contributed by atoms with E-state index in [0.717, 1.165) is 12.1 Å². The van der Waals surface area contributed by atoms with E-state index in [1.165, 1.54) is 35.4 Å². The molecule has 0 saturated carbocycles. The Balaban J connectivity index is 1.62. The van der Waals surface area contributed by atoms with Gasteiger partial charge in [0.05, 0.1) is 11.5 Å². The van der Waals surface area contributed by atoms with E-state index in [1.54, 1.807) is 12.1 Å². The van der Waals surface area contributed by atoms with Gasteiger partial charge in [0.25, 0.3) is 0 Å². The van der Waals surface area contributed by atoms with Crippen molar-refractivity contribution in [3.05, 3.63) is 48.0 Å². The van der Waals surface area contributed by atoms with Gasteiger partial charge in [-0.3, -0.25) is 4.79 Å². The van der Waals surface area contributed by atoms with Gasteiger partial charge in [0.1, 0.15) is 11.4 Å². The molecule has 7 nitrogen and oxygen atoms in total. The zero-order valence-corrected chi connectivity index (χ0v) is 19.1. The third-order valence-corrected chi connectivity index (χ3v) is 7.24. The van der Waals surface area contributed by atoms with E-state index in [1.807, 2.05) is 6.92 Å². The summed E-state index contributed by atoms with van der Waals surface area (Å²) in [6.45, 7) is 2.68. The molecule has 1 fully saturated rings. The van der Waals surface area contributed by atoms with Crippen LogP contribution < -0.4 is 15.0 Å². The molecule has 1 aliphatic rings. The monoisotopic (exact) mass is 467 g/mol. The van der Waals surface area contributed by atoms with E-state index in [4.69, 9.17) is 4.74 Å². The molecule has 0 atom stereocenters. The molecule has 2 aromatic carbocycles. The number of anilines is 2. The molecule has 1 saturated heterocycles. The van der Waals surface area contributed by atoms with Gasteiger partial charge in [-0.2, -0.15) is 4.31 Å². The molecule has 3 rings (SSSR count). The molecule has 0 unspecified atom stereocenters. The van der Waals surface area contributed by atoms with E-state index in [2.05, 4.69) is 5.32 Å². The summed E-state index contributed by atoms with van der Waals surface area (Å²) in [6.07, 6.45) is 0.617. The van der Waals surface area contributed by atoms with Crippen molar-refractivity contribution in [2.24, 2.45) is 5.92 Å². The van der Waals surface area contributed by atoms with E-state index < -0.39 is 27.6 Å². The van der Waals surface area contributed by atoms with Crippen LogP contribution in [0.15, 0.2) is 41.3 Å². The Bertz CT molecular complexity index is 1040. The molecule has 0 radical (unpaired) electrons. The largest absolute Gasteiger partial charge is 0.494 e. The van der Waals surface area contributed by atoms with Crippen LogP contribution >= 0.6 is 0 Å². The van der Waals surface area contributed by atoms with Crippen LogP contribution in [0.25, 0.3) is 0 Å². The smallest absolute Gasteiger partial charge is 0.243 e. The van der Waals surface area contributed by atoms with Crippen LogP contribution in [0.4, 0.5) is 20.2 Å². The zero-order valence-electron chi connectivity index (χ0n) is 18.3. The topological polar surface area (TPSA) is 79.0 Å². The van der Waals surface area contributed by atoms with Gasteiger partial charge in [-0.25, -0.2) is 17.2 Å². The highest BCUT2D eigenvalue weighted by Crippen LogP contribution is 2.28. The van der Waals surface area contributed by atoms with Gasteiger partial charge >= 0.3 is 0 Å². The zero-order chi connectivity index (χ0) is 23.5. The highest BCUT2D eigenvalue weighted by atomic mass is 32.2. The molecular weight excluding hydrogens is 440 g/mol. The minimum atomic E-state index is -3.68. The van der Waals surface area contributed by atoms with Crippen LogP contribution in [0.1, 0.15) is 19.8 Å². The standard InChI is InChI=1S/C22H27F2N3O4S/c1-4-31-17-5-7-18(8-6-17)32(29,30)27-11-9-15(10-12-27)22(28)25-16-13-19(23)21(26(2)3)20(24)14-16/h5-8,13-15H,4,9-12H2,1-3H3,(H,25,28). The molecule has 1 N–H and O–H groups in total. The molecule has 10 heteroatoms. The van der Waals surface area contributed by atoms with Crippen LogP contribution in [0.2, 0.25) is 0 Å². The molecular formula is C22H27F2N3O4S. The maximum atomic E-state index is 14.2. The van der Waals surface area contributed by atoms with Gasteiger partial charge in [-0.05, 0) is 56.2 Å². The predicted molar refractivity (Wildman–Crippen MR) is 118 cm³/mol. The second kappa shape index (κ2) is 9.83. The number of halogens is 2. The number of piperidine rings is 1. The summed E-state index contributed by atoms with van der Waals surface area (Å²) in [4.78, 5) is 14.1. The van der Waals surface area contributed by atoms with Crippen molar-refractivity contribution >= 4 is 27.3 Å². The summed E-state index contributed by atoms with van der Waals surface area (Å²) in [5, 5.41) is 2.54. The van der Waals surface area contributed by atoms with Gasteiger partial charge in [0.2, 0.25) is 15.9 Å². The quantitative estimate of drug-likeness (QED) is 0.675. The fourth-order valence-electron chi connectivity index (χ4n) is 3.69. The lowest BCUT2D eigenvalue weighted by molar-refractivity contribution is -0.120. The maximum Gasteiger partial charge on any atom is 0.243 e. The maximum absolute atomic E-state index is 14.2. The third-order valence-electron chi connectivity index (χ3n) is 5.33. The Labute approximate surface area is 187 Å². The lowest BCUT2D eigenvalue weighted by Gasteiger charge is -2.30. The minimum absolute atomic E-state index is 0.0278. The van der Waals surface area contributed by atoms with E-state index >= 15 is 0 Å². The fraction of sp³-hybridized carbons (Fsp3) is 0.409. The first kappa shape index (κ1) is 23.9. The third kappa shape index (κ3) is 5.18. The number of amides is 1. The van der Waals surface area contributed by atoms with Crippen molar-refractivity contribution in [2.75, 3.05) is 44.0 Å². The molecule has 2 aromatic rings. The van der Waals surface area contributed by atoms with Gasteiger partial charge < -0.3 is 15.0 Å². The number of nitrogens with zero attached hydrogens (tertiary/aromatic N) is 2. The SMILES string of the molecule is CCOc1ccc(S(=O)(=O)N2CCC(C(=O)Nc3cc(F)c(N(C)C)c(F)c3)CC2)cc1. The van der Waals surface area contributed by atoms with Crippen LogP contribution in [-0.2, 0) is 14.8 Å². The number of benzene rings is 2. The summed E-state index contributed by atoms with van der Waals surface area (Å²) in [6, 6.07) is 8.36. The number of nitrogens with one attached hydrogen (secondary N) is 1.